The van der Waals surface area contributed by atoms with Crippen molar-refractivity contribution in [1.29, 1.82) is 0 Å². The lowest BCUT2D eigenvalue weighted by Crippen LogP contribution is -2.43. The van der Waals surface area contributed by atoms with Gasteiger partial charge in [-0.2, -0.15) is 0 Å². The molecule has 2 rings (SSSR count). The number of rotatable bonds is 3. The Kier molecular flexibility index (Phi) is 5.49. The first-order valence-corrected chi connectivity index (χ1v) is 7.58. The fourth-order valence-electron chi connectivity index (χ4n) is 2.57. The standard InChI is InChI=1S/C16H21FN2O3/c1-2-10-3-4-12(9-14(10)17)19-16(22)15(21)18-11-5-7-13(20)8-6-11/h3-4,9,11,13,20H,2,5-8H2,1H3,(H,18,21)(H,19,22). The number of anilines is 1. The predicted octanol–water partition coefficient (Wildman–Crippen LogP) is 1.75. The molecule has 0 bridgehead atoms. The molecule has 6 heteroatoms. The molecule has 5 nitrogen and oxygen atoms in total. The fourth-order valence-corrected chi connectivity index (χ4v) is 2.57. The van der Waals surface area contributed by atoms with Crippen LogP contribution in [-0.4, -0.2) is 29.1 Å². The zero-order valence-corrected chi connectivity index (χ0v) is 12.6. The molecule has 0 heterocycles. The number of aryl methyl sites for hydroxylation is 1. The van der Waals surface area contributed by atoms with Crippen LogP contribution in [0.3, 0.4) is 0 Å². The molecule has 1 aromatic carbocycles. The number of benzene rings is 1. The highest BCUT2D eigenvalue weighted by molar-refractivity contribution is 6.39. The number of hydrogen-bond donors (Lipinski definition) is 3. The van der Waals surface area contributed by atoms with Gasteiger partial charge in [-0.1, -0.05) is 13.0 Å². The lowest BCUT2D eigenvalue weighted by molar-refractivity contribution is -0.136. The molecular weight excluding hydrogens is 287 g/mol. The average molecular weight is 308 g/mol. The maximum atomic E-state index is 13.6. The molecule has 3 N–H and O–H groups in total. The van der Waals surface area contributed by atoms with Crippen molar-refractivity contribution in [3.63, 3.8) is 0 Å². The van der Waals surface area contributed by atoms with Crippen molar-refractivity contribution in [2.75, 3.05) is 5.32 Å². The van der Waals surface area contributed by atoms with E-state index in [1.807, 2.05) is 6.92 Å². The lowest BCUT2D eigenvalue weighted by atomic mass is 9.93. The molecule has 1 aliphatic rings. The molecule has 1 aliphatic carbocycles. The normalized spacial score (nSPS) is 21.2. The Hall–Kier alpha value is -1.95. The van der Waals surface area contributed by atoms with Crippen molar-refractivity contribution >= 4 is 17.5 Å². The maximum absolute atomic E-state index is 13.6. The quantitative estimate of drug-likeness (QED) is 0.744. The summed E-state index contributed by atoms with van der Waals surface area (Å²) >= 11 is 0. The van der Waals surface area contributed by atoms with Crippen molar-refractivity contribution in [2.45, 2.75) is 51.2 Å². The molecule has 120 valence electrons. The topological polar surface area (TPSA) is 78.4 Å². The second kappa shape index (κ2) is 7.35. The SMILES string of the molecule is CCc1ccc(NC(=O)C(=O)NC2CCC(O)CC2)cc1F. The van der Waals surface area contributed by atoms with Gasteiger partial charge >= 0.3 is 11.8 Å². The highest BCUT2D eigenvalue weighted by Gasteiger charge is 2.23. The van der Waals surface area contributed by atoms with E-state index in [0.717, 1.165) is 0 Å². The third-order valence-electron chi connectivity index (χ3n) is 3.93. The third-order valence-corrected chi connectivity index (χ3v) is 3.93. The van der Waals surface area contributed by atoms with E-state index in [0.29, 0.717) is 37.7 Å². The first kappa shape index (κ1) is 16.4. The van der Waals surface area contributed by atoms with E-state index >= 15 is 0 Å². The Morgan fingerprint density at radius 3 is 2.50 bits per heavy atom. The second-order valence-corrected chi connectivity index (χ2v) is 5.59. The summed E-state index contributed by atoms with van der Waals surface area (Å²) in [5, 5.41) is 14.4. The summed E-state index contributed by atoms with van der Waals surface area (Å²) < 4.78 is 13.6. The van der Waals surface area contributed by atoms with Gasteiger partial charge in [0.05, 0.1) is 6.10 Å². The maximum Gasteiger partial charge on any atom is 0.313 e. The number of hydrogen-bond acceptors (Lipinski definition) is 3. The summed E-state index contributed by atoms with van der Waals surface area (Å²) in [4.78, 5) is 23.6. The van der Waals surface area contributed by atoms with Crippen molar-refractivity contribution in [3.8, 4) is 0 Å². The number of carbonyl (C=O) groups excluding carboxylic acids is 2. The van der Waals surface area contributed by atoms with Gasteiger partial charge in [-0.3, -0.25) is 9.59 Å². The molecule has 0 saturated heterocycles. The molecule has 1 fully saturated rings. The summed E-state index contributed by atoms with van der Waals surface area (Å²) in [6.45, 7) is 1.84. The molecule has 0 unspecified atom stereocenters. The van der Waals surface area contributed by atoms with Gasteiger partial charge < -0.3 is 15.7 Å². The highest BCUT2D eigenvalue weighted by Crippen LogP contribution is 2.18. The average Bonchev–Trinajstić information content (AvgIpc) is 2.49. The molecule has 0 radical (unpaired) electrons. The highest BCUT2D eigenvalue weighted by atomic mass is 19.1. The minimum absolute atomic E-state index is 0.0964. The molecule has 1 aromatic rings. The third kappa shape index (κ3) is 4.27. The van der Waals surface area contributed by atoms with Gasteiger partial charge in [0.2, 0.25) is 0 Å². The molecular formula is C16H21FN2O3. The van der Waals surface area contributed by atoms with Crippen LogP contribution in [-0.2, 0) is 16.0 Å². The van der Waals surface area contributed by atoms with Gasteiger partial charge in [0, 0.05) is 11.7 Å². The Morgan fingerprint density at radius 2 is 1.91 bits per heavy atom. The predicted molar refractivity (Wildman–Crippen MR) is 80.8 cm³/mol. The summed E-state index contributed by atoms with van der Waals surface area (Å²) in [6, 6.07) is 4.28. The first-order valence-electron chi connectivity index (χ1n) is 7.58. The molecule has 0 spiro atoms. The Morgan fingerprint density at radius 1 is 1.23 bits per heavy atom. The fraction of sp³-hybridized carbons (Fsp3) is 0.500. The minimum atomic E-state index is -0.810. The summed E-state index contributed by atoms with van der Waals surface area (Å²) in [5.41, 5.74) is 0.817. The van der Waals surface area contributed by atoms with E-state index in [1.165, 1.54) is 6.07 Å². The zero-order chi connectivity index (χ0) is 16.1. The minimum Gasteiger partial charge on any atom is -0.393 e. The number of carbonyl (C=O) groups is 2. The van der Waals surface area contributed by atoms with Gasteiger partial charge in [0.25, 0.3) is 0 Å². The Bertz CT molecular complexity index is 554. The monoisotopic (exact) mass is 308 g/mol. The zero-order valence-electron chi connectivity index (χ0n) is 12.6. The van der Waals surface area contributed by atoms with E-state index in [2.05, 4.69) is 10.6 Å². The molecule has 0 atom stereocenters. The smallest absolute Gasteiger partial charge is 0.313 e. The molecule has 0 aliphatic heterocycles. The van der Waals surface area contributed by atoms with Crippen LogP contribution in [0.2, 0.25) is 0 Å². The van der Waals surface area contributed by atoms with Gasteiger partial charge in [-0.25, -0.2) is 4.39 Å². The largest absolute Gasteiger partial charge is 0.393 e. The number of aliphatic hydroxyl groups excluding tert-OH is 1. The lowest BCUT2D eigenvalue weighted by Gasteiger charge is -2.25. The van der Waals surface area contributed by atoms with Crippen molar-refractivity contribution in [1.82, 2.24) is 5.32 Å². The van der Waals surface area contributed by atoms with Crippen molar-refractivity contribution in [2.24, 2.45) is 0 Å². The van der Waals surface area contributed by atoms with Gasteiger partial charge in [-0.15, -0.1) is 0 Å². The summed E-state index contributed by atoms with van der Waals surface area (Å²) in [7, 11) is 0. The second-order valence-electron chi connectivity index (χ2n) is 5.59. The van der Waals surface area contributed by atoms with E-state index in [-0.39, 0.29) is 17.8 Å². The van der Waals surface area contributed by atoms with E-state index < -0.39 is 17.6 Å². The Labute approximate surface area is 128 Å². The number of nitrogens with one attached hydrogen (secondary N) is 2. The molecule has 2 amide bonds. The van der Waals surface area contributed by atoms with Gasteiger partial charge in [-0.05, 0) is 49.8 Å². The molecule has 0 aromatic heterocycles. The van der Waals surface area contributed by atoms with Crippen LogP contribution in [0.4, 0.5) is 10.1 Å². The van der Waals surface area contributed by atoms with Crippen LogP contribution in [0.5, 0.6) is 0 Å². The van der Waals surface area contributed by atoms with E-state index in [1.54, 1.807) is 12.1 Å². The number of amides is 2. The van der Waals surface area contributed by atoms with E-state index in [4.69, 9.17) is 0 Å². The Balaban J connectivity index is 1.88. The number of aliphatic hydroxyl groups is 1. The van der Waals surface area contributed by atoms with Crippen LogP contribution in [0, 0.1) is 5.82 Å². The van der Waals surface area contributed by atoms with Crippen molar-refractivity contribution < 1.29 is 19.1 Å². The van der Waals surface area contributed by atoms with Gasteiger partial charge in [0.1, 0.15) is 5.82 Å². The van der Waals surface area contributed by atoms with Crippen LogP contribution in [0.15, 0.2) is 18.2 Å². The molecule has 22 heavy (non-hydrogen) atoms. The molecule has 1 saturated carbocycles. The van der Waals surface area contributed by atoms with Crippen LogP contribution in [0.1, 0.15) is 38.2 Å². The van der Waals surface area contributed by atoms with Crippen LogP contribution in [0.25, 0.3) is 0 Å². The summed E-state index contributed by atoms with van der Waals surface area (Å²) in [6.07, 6.45) is 2.79. The van der Waals surface area contributed by atoms with Crippen LogP contribution >= 0.6 is 0 Å². The van der Waals surface area contributed by atoms with E-state index in [9.17, 15) is 19.1 Å². The van der Waals surface area contributed by atoms with Crippen molar-refractivity contribution in [3.05, 3.63) is 29.6 Å². The number of halogens is 1. The van der Waals surface area contributed by atoms with Gasteiger partial charge in [0.15, 0.2) is 0 Å². The van der Waals surface area contributed by atoms with Crippen LogP contribution < -0.4 is 10.6 Å². The summed E-state index contributed by atoms with van der Waals surface area (Å²) in [5.74, 6) is -1.95. The first-order chi connectivity index (χ1) is 10.5.